The number of hydrogen-bond acceptors (Lipinski definition) is 3. The number of aryl methyl sites for hydroxylation is 1. The normalized spacial score (nSPS) is 10.2. The van der Waals surface area contributed by atoms with E-state index < -0.39 is 0 Å². The molecule has 2 rings (SSSR count). The molecule has 0 amide bonds. The maximum Gasteiger partial charge on any atom is 0.170 e. The molecule has 24 heavy (non-hydrogen) atoms. The fourth-order valence-electron chi connectivity index (χ4n) is 2.29. The Morgan fingerprint density at radius 2 is 1.83 bits per heavy atom. The standard InChI is InChI=1S/C18H21FN2O2S/c1-12-10-14(19)5-6-15(12)21-18(24)20-9-8-13-4-7-16(22-2)17(11-13)23-3/h4-7,10-11H,8-9H2,1-3H3,(H2,20,21,24). The van der Waals surface area contributed by atoms with Crippen molar-refractivity contribution < 1.29 is 13.9 Å². The van der Waals surface area contributed by atoms with Crippen molar-refractivity contribution in [2.24, 2.45) is 0 Å². The quantitative estimate of drug-likeness (QED) is 0.780. The lowest BCUT2D eigenvalue weighted by Gasteiger charge is -2.13. The summed E-state index contributed by atoms with van der Waals surface area (Å²) in [6, 6.07) is 10.4. The molecule has 128 valence electrons. The Balaban J connectivity index is 1.86. The smallest absolute Gasteiger partial charge is 0.170 e. The first kappa shape index (κ1) is 18.0. The minimum atomic E-state index is -0.259. The van der Waals surface area contributed by atoms with Crippen LogP contribution in [0.15, 0.2) is 36.4 Å². The summed E-state index contributed by atoms with van der Waals surface area (Å²) in [6.45, 7) is 2.50. The maximum atomic E-state index is 13.1. The van der Waals surface area contributed by atoms with E-state index in [1.807, 2.05) is 25.1 Å². The second kappa shape index (κ2) is 8.49. The molecule has 0 aliphatic rings. The number of halogens is 1. The van der Waals surface area contributed by atoms with Crippen LogP contribution >= 0.6 is 12.2 Å². The van der Waals surface area contributed by atoms with Crippen molar-refractivity contribution in [3.05, 3.63) is 53.3 Å². The van der Waals surface area contributed by atoms with Crippen LogP contribution in [0.3, 0.4) is 0 Å². The van der Waals surface area contributed by atoms with E-state index in [4.69, 9.17) is 21.7 Å². The van der Waals surface area contributed by atoms with Gasteiger partial charge in [0.25, 0.3) is 0 Å². The van der Waals surface area contributed by atoms with Gasteiger partial charge in [0.2, 0.25) is 0 Å². The van der Waals surface area contributed by atoms with Gasteiger partial charge in [-0.1, -0.05) is 6.07 Å². The third-order valence-corrected chi connectivity index (χ3v) is 3.83. The number of hydrogen-bond donors (Lipinski definition) is 2. The van der Waals surface area contributed by atoms with E-state index in [1.165, 1.54) is 12.1 Å². The summed E-state index contributed by atoms with van der Waals surface area (Å²) in [5.74, 6) is 1.15. The van der Waals surface area contributed by atoms with Gasteiger partial charge in [-0.05, 0) is 67.0 Å². The van der Waals surface area contributed by atoms with E-state index in [0.717, 1.165) is 23.2 Å². The lowest BCUT2D eigenvalue weighted by Crippen LogP contribution is -2.30. The molecule has 2 aromatic carbocycles. The number of anilines is 1. The highest BCUT2D eigenvalue weighted by Crippen LogP contribution is 2.27. The molecule has 2 aromatic rings. The summed E-state index contributed by atoms with van der Waals surface area (Å²) in [7, 11) is 3.23. The third kappa shape index (κ3) is 4.83. The Hall–Kier alpha value is -2.34. The Kier molecular flexibility index (Phi) is 6.37. The summed E-state index contributed by atoms with van der Waals surface area (Å²) in [5, 5.41) is 6.72. The highest BCUT2D eigenvalue weighted by atomic mass is 32.1. The molecule has 0 atom stereocenters. The predicted octanol–water partition coefficient (Wildman–Crippen LogP) is 3.68. The van der Waals surface area contributed by atoms with Gasteiger partial charge in [-0.3, -0.25) is 0 Å². The lowest BCUT2D eigenvalue weighted by atomic mass is 10.1. The second-order valence-corrected chi connectivity index (χ2v) is 5.69. The van der Waals surface area contributed by atoms with Crippen molar-refractivity contribution in [3.63, 3.8) is 0 Å². The average molecular weight is 348 g/mol. The van der Waals surface area contributed by atoms with Crippen LogP contribution in [0, 0.1) is 12.7 Å². The first-order valence-electron chi connectivity index (χ1n) is 7.55. The van der Waals surface area contributed by atoms with Crippen molar-refractivity contribution in [2.75, 3.05) is 26.1 Å². The highest BCUT2D eigenvalue weighted by Gasteiger charge is 2.05. The molecule has 0 fully saturated rings. The zero-order chi connectivity index (χ0) is 17.5. The first-order valence-corrected chi connectivity index (χ1v) is 7.96. The summed E-state index contributed by atoms with van der Waals surface area (Å²) < 4.78 is 23.6. The van der Waals surface area contributed by atoms with Gasteiger partial charge in [-0.25, -0.2) is 4.39 Å². The van der Waals surface area contributed by atoms with Crippen LogP contribution in [-0.2, 0) is 6.42 Å². The maximum absolute atomic E-state index is 13.1. The molecule has 0 aromatic heterocycles. The molecule has 0 heterocycles. The molecule has 6 heteroatoms. The zero-order valence-electron chi connectivity index (χ0n) is 14.0. The molecule has 4 nitrogen and oxygen atoms in total. The Morgan fingerprint density at radius 3 is 2.50 bits per heavy atom. The molecule has 0 bridgehead atoms. The Morgan fingerprint density at radius 1 is 1.08 bits per heavy atom. The van der Waals surface area contributed by atoms with E-state index in [9.17, 15) is 4.39 Å². The lowest BCUT2D eigenvalue weighted by molar-refractivity contribution is 0.354. The minimum Gasteiger partial charge on any atom is -0.493 e. The Bertz CT molecular complexity index is 722. The highest BCUT2D eigenvalue weighted by molar-refractivity contribution is 7.80. The number of methoxy groups -OCH3 is 2. The van der Waals surface area contributed by atoms with Gasteiger partial charge >= 0.3 is 0 Å². The van der Waals surface area contributed by atoms with E-state index in [-0.39, 0.29) is 5.82 Å². The SMILES string of the molecule is COc1ccc(CCNC(=S)Nc2ccc(F)cc2C)cc1OC. The predicted molar refractivity (Wildman–Crippen MR) is 98.6 cm³/mol. The molecular formula is C18H21FN2O2S. The van der Waals surface area contributed by atoms with Gasteiger partial charge in [0, 0.05) is 12.2 Å². The second-order valence-electron chi connectivity index (χ2n) is 5.28. The third-order valence-electron chi connectivity index (χ3n) is 3.58. The summed E-state index contributed by atoms with van der Waals surface area (Å²) in [5.41, 5.74) is 2.71. The van der Waals surface area contributed by atoms with Crippen molar-refractivity contribution >= 4 is 23.0 Å². The molecule has 0 aliphatic heterocycles. The molecule has 0 radical (unpaired) electrons. The molecule has 0 aliphatic carbocycles. The van der Waals surface area contributed by atoms with Crippen molar-refractivity contribution in [1.82, 2.24) is 5.32 Å². The van der Waals surface area contributed by atoms with Crippen molar-refractivity contribution in [2.45, 2.75) is 13.3 Å². The van der Waals surface area contributed by atoms with E-state index in [1.54, 1.807) is 20.3 Å². The average Bonchev–Trinajstić information content (AvgIpc) is 2.57. The minimum absolute atomic E-state index is 0.259. The number of benzene rings is 2. The number of nitrogens with one attached hydrogen (secondary N) is 2. The molecule has 0 saturated carbocycles. The van der Waals surface area contributed by atoms with Gasteiger partial charge in [-0.2, -0.15) is 0 Å². The van der Waals surface area contributed by atoms with E-state index in [0.29, 0.717) is 23.2 Å². The largest absolute Gasteiger partial charge is 0.493 e. The van der Waals surface area contributed by atoms with Crippen LogP contribution in [0.25, 0.3) is 0 Å². The summed E-state index contributed by atoms with van der Waals surface area (Å²) >= 11 is 5.27. The summed E-state index contributed by atoms with van der Waals surface area (Å²) in [6.07, 6.45) is 0.782. The summed E-state index contributed by atoms with van der Waals surface area (Å²) in [4.78, 5) is 0. The molecule has 0 unspecified atom stereocenters. The van der Waals surface area contributed by atoms with Crippen LogP contribution < -0.4 is 20.1 Å². The van der Waals surface area contributed by atoms with Crippen molar-refractivity contribution in [3.8, 4) is 11.5 Å². The molecular weight excluding hydrogens is 327 g/mol. The van der Waals surface area contributed by atoms with Crippen LogP contribution in [0.1, 0.15) is 11.1 Å². The first-order chi connectivity index (χ1) is 11.5. The van der Waals surface area contributed by atoms with Crippen LogP contribution in [-0.4, -0.2) is 25.9 Å². The zero-order valence-corrected chi connectivity index (χ0v) is 14.8. The van der Waals surface area contributed by atoms with E-state index in [2.05, 4.69) is 10.6 Å². The van der Waals surface area contributed by atoms with Gasteiger partial charge in [0.05, 0.1) is 14.2 Å². The van der Waals surface area contributed by atoms with Crippen LogP contribution in [0.4, 0.5) is 10.1 Å². The molecule has 0 saturated heterocycles. The van der Waals surface area contributed by atoms with Gasteiger partial charge < -0.3 is 20.1 Å². The number of thiocarbonyl (C=S) groups is 1. The van der Waals surface area contributed by atoms with Crippen LogP contribution in [0.2, 0.25) is 0 Å². The number of ether oxygens (including phenoxy) is 2. The van der Waals surface area contributed by atoms with Crippen molar-refractivity contribution in [1.29, 1.82) is 0 Å². The van der Waals surface area contributed by atoms with E-state index >= 15 is 0 Å². The monoisotopic (exact) mass is 348 g/mol. The fourth-order valence-corrected chi connectivity index (χ4v) is 2.50. The Labute approximate surface area is 147 Å². The topological polar surface area (TPSA) is 42.5 Å². The number of rotatable bonds is 6. The van der Waals surface area contributed by atoms with Gasteiger partial charge in [0.1, 0.15) is 5.82 Å². The van der Waals surface area contributed by atoms with Gasteiger partial charge in [-0.15, -0.1) is 0 Å². The molecule has 2 N–H and O–H groups in total. The van der Waals surface area contributed by atoms with Crippen LogP contribution in [0.5, 0.6) is 11.5 Å². The fraction of sp³-hybridized carbons (Fsp3) is 0.278. The molecule has 0 spiro atoms. The van der Waals surface area contributed by atoms with Gasteiger partial charge in [0.15, 0.2) is 16.6 Å².